The van der Waals surface area contributed by atoms with Gasteiger partial charge in [0.05, 0.1) is 25.9 Å². The molecule has 0 aliphatic carbocycles. The summed E-state index contributed by atoms with van der Waals surface area (Å²) < 4.78 is 18.3. The number of ether oxygens (including phenoxy) is 3. The van der Waals surface area contributed by atoms with Gasteiger partial charge in [0.2, 0.25) is 5.91 Å². The van der Waals surface area contributed by atoms with Crippen molar-refractivity contribution in [3.05, 3.63) is 95.1 Å². The van der Waals surface area contributed by atoms with Crippen LogP contribution in [0.25, 0.3) is 0 Å². The molecule has 3 aromatic carbocycles. The molecule has 4 rings (SSSR count). The van der Waals surface area contributed by atoms with Crippen LogP contribution in [0.15, 0.2) is 77.7 Å². The van der Waals surface area contributed by atoms with Gasteiger partial charge in [-0.25, -0.2) is 0 Å². The molecule has 0 saturated carbocycles. The van der Waals surface area contributed by atoms with E-state index < -0.39 is 6.29 Å². The Morgan fingerprint density at radius 3 is 2.37 bits per heavy atom. The number of hydrogen-bond acceptors (Lipinski definition) is 6. The van der Waals surface area contributed by atoms with Gasteiger partial charge >= 0.3 is 0 Å². The average molecular weight is 494 g/mol. The van der Waals surface area contributed by atoms with Crippen LogP contribution in [-0.2, 0) is 27.4 Å². The van der Waals surface area contributed by atoms with Crippen LogP contribution in [0.3, 0.4) is 0 Å². The lowest BCUT2D eigenvalue weighted by Crippen LogP contribution is -2.31. The Bertz CT molecular complexity index is 1100. The fraction of sp³-hybridized carbons (Fsp3) is 0.321. The number of carbonyl (C=O) groups excluding carboxylic acids is 1. The van der Waals surface area contributed by atoms with Crippen LogP contribution < -0.4 is 10.1 Å². The van der Waals surface area contributed by atoms with Crippen molar-refractivity contribution >= 4 is 17.7 Å². The summed E-state index contributed by atoms with van der Waals surface area (Å²) in [6.07, 6.45) is 0.0379. The van der Waals surface area contributed by atoms with Gasteiger partial charge in [0.15, 0.2) is 6.29 Å². The van der Waals surface area contributed by atoms with E-state index in [0.717, 1.165) is 45.1 Å². The standard InChI is InChI=1S/C28H31NO5S/c1-19(31)29-16-20-7-13-23(14-8-20)28-33-24(18-35-27-6-4-3-5-25(27)32-2)15-26(34-28)22-11-9-21(17-30)10-12-22/h3-14,24,26,28,30H,15-18H2,1-2H3,(H,29,31)/t24-,26+,28+/m0/s1. The highest BCUT2D eigenvalue weighted by Gasteiger charge is 2.32. The van der Waals surface area contributed by atoms with Crippen LogP contribution in [0.4, 0.5) is 0 Å². The largest absolute Gasteiger partial charge is 0.496 e. The summed E-state index contributed by atoms with van der Waals surface area (Å²) in [6.45, 7) is 2.01. The Balaban J connectivity index is 1.51. The van der Waals surface area contributed by atoms with Gasteiger partial charge in [0, 0.05) is 36.1 Å². The highest BCUT2D eigenvalue weighted by Crippen LogP contribution is 2.40. The minimum absolute atomic E-state index is 0.0144. The number of aliphatic hydroxyl groups excluding tert-OH is 1. The Morgan fingerprint density at radius 2 is 1.69 bits per heavy atom. The monoisotopic (exact) mass is 493 g/mol. The summed E-state index contributed by atoms with van der Waals surface area (Å²) in [4.78, 5) is 12.3. The number of thioether (sulfide) groups is 1. The van der Waals surface area contributed by atoms with E-state index in [0.29, 0.717) is 6.54 Å². The summed E-state index contributed by atoms with van der Waals surface area (Å²) >= 11 is 1.71. The molecular formula is C28H31NO5S. The Labute approximate surface area is 210 Å². The molecule has 3 aromatic rings. The smallest absolute Gasteiger partial charge is 0.217 e. The summed E-state index contributed by atoms with van der Waals surface area (Å²) in [6, 6.07) is 23.8. The van der Waals surface area contributed by atoms with Gasteiger partial charge in [-0.1, -0.05) is 60.7 Å². The minimum Gasteiger partial charge on any atom is -0.496 e. The van der Waals surface area contributed by atoms with Gasteiger partial charge in [-0.3, -0.25) is 4.79 Å². The van der Waals surface area contributed by atoms with E-state index in [4.69, 9.17) is 14.2 Å². The molecular weight excluding hydrogens is 462 g/mol. The van der Waals surface area contributed by atoms with Crippen LogP contribution in [0, 0.1) is 0 Å². The minimum atomic E-state index is -0.510. The van der Waals surface area contributed by atoms with Crippen LogP contribution in [-0.4, -0.2) is 30.0 Å². The Morgan fingerprint density at radius 1 is 1.00 bits per heavy atom. The number of amides is 1. The zero-order valence-corrected chi connectivity index (χ0v) is 20.8. The Kier molecular flexibility index (Phi) is 8.82. The predicted octanol–water partition coefficient (Wildman–Crippen LogP) is 5.16. The first-order chi connectivity index (χ1) is 17.1. The van der Waals surface area contributed by atoms with Crippen molar-refractivity contribution in [1.82, 2.24) is 5.32 Å². The van der Waals surface area contributed by atoms with Crippen LogP contribution in [0.5, 0.6) is 5.75 Å². The van der Waals surface area contributed by atoms with Crippen molar-refractivity contribution < 1.29 is 24.1 Å². The molecule has 6 nitrogen and oxygen atoms in total. The van der Waals surface area contributed by atoms with Crippen LogP contribution in [0.2, 0.25) is 0 Å². The molecule has 1 fully saturated rings. The summed E-state index contributed by atoms with van der Waals surface area (Å²) in [5.41, 5.74) is 3.88. The first kappa shape index (κ1) is 25.3. The normalized spacial score (nSPS) is 19.8. The summed E-state index contributed by atoms with van der Waals surface area (Å²) in [5, 5.41) is 12.2. The maximum absolute atomic E-state index is 11.2. The number of aliphatic hydroxyl groups is 1. The number of methoxy groups -OCH3 is 1. The Hall–Kier alpha value is -2.84. The molecule has 7 heteroatoms. The second-order valence-electron chi connectivity index (χ2n) is 8.46. The molecule has 1 amide bonds. The van der Waals surface area contributed by atoms with E-state index in [-0.39, 0.29) is 24.7 Å². The zero-order chi connectivity index (χ0) is 24.6. The number of hydrogen-bond donors (Lipinski definition) is 2. The fourth-order valence-corrected chi connectivity index (χ4v) is 5.01. The van der Waals surface area contributed by atoms with Crippen molar-refractivity contribution in [2.75, 3.05) is 12.9 Å². The second kappa shape index (κ2) is 12.2. The van der Waals surface area contributed by atoms with Crippen molar-refractivity contribution in [2.45, 2.75) is 49.9 Å². The molecule has 0 spiro atoms. The van der Waals surface area contributed by atoms with E-state index in [9.17, 15) is 9.90 Å². The highest BCUT2D eigenvalue weighted by atomic mass is 32.2. The molecule has 3 atom stereocenters. The molecule has 1 heterocycles. The summed E-state index contributed by atoms with van der Waals surface area (Å²) in [7, 11) is 1.68. The molecule has 1 saturated heterocycles. The molecule has 0 unspecified atom stereocenters. The lowest BCUT2D eigenvalue weighted by molar-refractivity contribution is -0.245. The van der Waals surface area contributed by atoms with E-state index in [1.165, 1.54) is 6.92 Å². The average Bonchev–Trinajstić information content (AvgIpc) is 2.91. The molecule has 35 heavy (non-hydrogen) atoms. The van der Waals surface area contributed by atoms with Crippen LogP contribution in [0.1, 0.15) is 48.0 Å². The molecule has 184 valence electrons. The van der Waals surface area contributed by atoms with Gasteiger partial charge in [-0.15, -0.1) is 11.8 Å². The zero-order valence-electron chi connectivity index (χ0n) is 20.0. The van der Waals surface area contributed by atoms with Crippen molar-refractivity contribution in [1.29, 1.82) is 0 Å². The number of nitrogens with one attached hydrogen (secondary N) is 1. The fourth-order valence-electron chi connectivity index (χ4n) is 3.96. The number of rotatable bonds is 9. The number of carbonyl (C=O) groups is 1. The third-order valence-corrected chi connectivity index (χ3v) is 7.09. The van der Waals surface area contributed by atoms with Gasteiger partial charge < -0.3 is 24.6 Å². The number of benzene rings is 3. The predicted molar refractivity (Wildman–Crippen MR) is 136 cm³/mol. The second-order valence-corrected chi connectivity index (χ2v) is 9.53. The van der Waals surface area contributed by atoms with Crippen molar-refractivity contribution in [3.8, 4) is 5.75 Å². The van der Waals surface area contributed by atoms with Gasteiger partial charge in [0.1, 0.15) is 5.75 Å². The first-order valence-electron chi connectivity index (χ1n) is 11.7. The SMILES string of the molecule is COc1ccccc1SC[C@@H]1C[C@H](c2ccc(CO)cc2)O[C@H](c2ccc(CNC(C)=O)cc2)O1. The molecule has 1 aliphatic heterocycles. The lowest BCUT2D eigenvalue weighted by atomic mass is 10.0. The van der Waals surface area contributed by atoms with Crippen LogP contribution >= 0.6 is 11.8 Å². The van der Waals surface area contributed by atoms with Gasteiger partial charge in [0.25, 0.3) is 0 Å². The summed E-state index contributed by atoms with van der Waals surface area (Å²) in [5.74, 6) is 1.55. The van der Waals surface area contributed by atoms with E-state index >= 15 is 0 Å². The van der Waals surface area contributed by atoms with Gasteiger partial charge in [-0.05, 0) is 28.8 Å². The lowest BCUT2D eigenvalue weighted by Gasteiger charge is -2.36. The van der Waals surface area contributed by atoms with Crippen molar-refractivity contribution in [3.63, 3.8) is 0 Å². The maximum Gasteiger partial charge on any atom is 0.217 e. The van der Waals surface area contributed by atoms with E-state index in [1.807, 2.05) is 66.7 Å². The third-order valence-electron chi connectivity index (χ3n) is 5.90. The van der Waals surface area contributed by atoms with Gasteiger partial charge in [-0.2, -0.15) is 0 Å². The molecule has 1 aliphatic rings. The van der Waals surface area contributed by atoms with Crippen molar-refractivity contribution in [2.24, 2.45) is 0 Å². The first-order valence-corrected chi connectivity index (χ1v) is 12.6. The number of para-hydroxylation sites is 1. The third kappa shape index (κ3) is 6.86. The molecule has 2 N–H and O–H groups in total. The topological polar surface area (TPSA) is 77.0 Å². The van der Waals surface area contributed by atoms with E-state index in [1.54, 1.807) is 18.9 Å². The highest BCUT2D eigenvalue weighted by molar-refractivity contribution is 7.99. The molecule has 0 bridgehead atoms. The van der Waals surface area contributed by atoms with E-state index in [2.05, 4.69) is 11.4 Å². The quantitative estimate of drug-likeness (QED) is 0.401. The molecule has 0 aromatic heterocycles. The maximum atomic E-state index is 11.2. The molecule has 0 radical (unpaired) electrons.